The summed E-state index contributed by atoms with van der Waals surface area (Å²) >= 11 is 0. The highest BCUT2D eigenvalue weighted by atomic mass is 19.1. The average molecular weight is 360 g/mol. The molecule has 26 heavy (non-hydrogen) atoms. The van der Waals surface area contributed by atoms with Crippen LogP contribution in [0.3, 0.4) is 0 Å². The third kappa shape index (κ3) is 3.28. The number of hydrogen-bond donors (Lipinski definition) is 2. The maximum absolute atomic E-state index is 14.6. The largest absolute Gasteiger partial charge is 0.456 e. The smallest absolute Gasteiger partial charge is 0.341 e. The number of nitrogen functional groups attached to an aromatic ring is 1. The molecule has 0 atom stereocenters. The van der Waals surface area contributed by atoms with E-state index in [2.05, 4.69) is 5.32 Å². The van der Waals surface area contributed by atoms with Crippen molar-refractivity contribution in [2.75, 3.05) is 11.1 Å². The van der Waals surface area contributed by atoms with Crippen molar-refractivity contribution >= 4 is 17.3 Å². The molecular formula is C21H29FN2O2. The molecule has 1 aromatic carbocycles. The number of esters is 1. The van der Waals surface area contributed by atoms with E-state index in [9.17, 15) is 9.18 Å². The van der Waals surface area contributed by atoms with Crippen molar-refractivity contribution in [1.29, 1.82) is 0 Å². The van der Waals surface area contributed by atoms with Crippen molar-refractivity contribution in [3.05, 3.63) is 23.5 Å². The molecule has 0 heterocycles. The molecule has 0 aromatic heterocycles. The Morgan fingerprint density at radius 3 is 2.19 bits per heavy atom. The minimum atomic E-state index is -0.678. The first-order valence-electron chi connectivity index (χ1n) is 9.73. The summed E-state index contributed by atoms with van der Waals surface area (Å²) in [6.07, 6.45) is 7.49. The predicted molar refractivity (Wildman–Crippen MR) is 101 cm³/mol. The third-order valence-corrected chi connectivity index (χ3v) is 6.20. The molecule has 1 aromatic rings. The Balaban J connectivity index is 1.57. The third-order valence-electron chi connectivity index (χ3n) is 6.20. The summed E-state index contributed by atoms with van der Waals surface area (Å²) < 4.78 is 19.9. The van der Waals surface area contributed by atoms with Gasteiger partial charge < -0.3 is 15.8 Å². The molecule has 142 valence electrons. The molecule has 4 nitrogen and oxygen atoms in total. The molecule has 0 spiro atoms. The second kappa shape index (κ2) is 5.86. The molecule has 0 amide bonds. The van der Waals surface area contributed by atoms with Crippen LogP contribution in [0.2, 0.25) is 0 Å². The quantitative estimate of drug-likeness (QED) is 0.603. The molecule has 3 N–H and O–H groups in total. The topological polar surface area (TPSA) is 64.3 Å². The van der Waals surface area contributed by atoms with Crippen molar-refractivity contribution in [2.45, 2.75) is 70.4 Å². The normalized spacial score (nSPS) is 32.5. The molecule has 0 radical (unpaired) electrons. The second-order valence-electron chi connectivity index (χ2n) is 9.74. The molecule has 4 bridgehead atoms. The molecule has 5 rings (SSSR count). The van der Waals surface area contributed by atoms with Gasteiger partial charge in [-0.2, -0.15) is 0 Å². The lowest BCUT2D eigenvalue weighted by Crippen LogP contribution is -2.54. The van der Waals surface area contributed by atoms with Gasteiger partial charge in [0.15, 0.2) is 0 Å². The van der Waals surface area contributed by atoms with E-state index in [0.29, 0.717) is 11.4 Å². The van der Waals surface area contributed by atoms with E-state index in [-0.39, 0.29) is 11.1 Å². The average Bonchev–Trinajstić information content (AvgIpc) is 2.47. The number of nitrogens with one attached hydrogen (secondary N) is 1. The van der Waals surface area contributed by atoms with E-state index in [0.717, 1.165) is 37.0 Å². The molecule has 4 aliphatic carbocycles. The number of carbonyl (C=O) groups excluding carboxylic acids is 1. The van der Waals surface area contributed by atoms with Crippen LogP contribution in [0.5, 0.6) is 0 Å². The summed E-state index contributed by atoms with van der Waals surface area (Å²) in [5.74, 6) is 1.12. The van der Waals surface area contributed by atoms with Crippen molar-refractivity contribution in [3.63, 3.8) is 0 Å². The Bertz CT molecular complexity index is 703. The number of anilines is 2. The van der Waals surface area contributed by atoms with Gasteiger partial charge in [-0.1, -0.05) is 0 Å². The number of benzene rings is 1. The Morgan fingerprint density at radius 2 is 1.69 bits per heavy atom. The van der Waals surface area contributed by atoms with E-state index in [4.69, 9.17) is 10.5 Å². The highest BCUT2D eigenvalue weighted by molar-refractivity contribution is 5.92. The maximum atomic E-state index is 14.6. The van der Waals surface area contributed by atoms with Gasteiger partial charge in [0.25, 0.3) is 0 Å². The zero-order valence-corrected chi connectivity index (χ0v) is 15.9. The van der Waals surface area contributed by atoms with Gasteiger partial charge in [0.2, 0.25) is 0 Å². The second-order valence-corrected chi connectivity index (χ2v) is 9.74. The van der Waals surface area contributed by atoms with Crippen molar-refractivity contribution in [3.8, 4) is 0 Å². The first kappa shape index (κ1) is 17.6. The maximum Gasteiger partial charge on any atom is 0.341 e. The molecule has 5 heteroatoms. The number of hydrogen-bond acceptors (Lipinski definition) is 4. The summed E-state index contributed by atoms with van der Waals surface area (Å²) in [4.78, 5) is 12.2. The summed E-state index contributed by atoms with van der Waals surface area (Å²) in [6.45, 7) is 5.28. The first-order chi connectivity index (χ1) is 12.1. The Labute approximate surface area is 154 Å². The van der Waals surface area contributed by atoms with Crippen LogP contribution < -0.4 is 11.1 Å². The Morgan fingerprint density at radius 1 is 1.15 bits per heavy atom. The fourth-order valence-corrected chi connectivity index (χ4v) is 5.74. The SMILES string of the molecule is CC(C)(C)OC(=O)c1cc(N)c(NC23CC4CC(CC(C4)C2)C3)cc1F. The minimum Gasteiger partial charge on any atom is -0.456 e. The Kier molecular flexibility index (Phi) is 3.97. The minimum absolute atomic E-state index is 0.0444. The van der Waals surface area contributed by atoms with Gasteiger partial charge >= 0.3 is 5.97 Å². The standard InChI is InChI=1S/C21H29FN2O2/c1-20(2,3)26-19(25)15-7-17(23)18(8-16(15)22)24-21-9-12-4-13(10-21)6-14(5-12)11-21/h7-8,12-14,24H,4-6,9-11,23H2,1-3H3. The van der Waals surface area contributed by atoms with E-state index in [1.807, 2.05) is 0 Å². The zero-order chi connectivity index (χ0) is 18.7. The van der Waals surface area contributed by atoms with Crippen LogP contribution in [0, 0.1) is 23.6 Å². The van der Waals surface area contributed by atoms with Crippen molar-refractivity contribution in [2.24, 2.45) is 17.8 Å². The summed E-state index contributed by atoms with van der Waals surface area (Å²) in [7, 11) is 0. The van der Waals surface area contributed by atoms with Crippen LogP contribution in [0.25, 0.3) is 0 Å². The van der Waals surface area contributed by atoms with Crippen LogP contribution in [-0.4, -0.2) is 17.1 Å². The van der Waals surface area contributed by atoms with Crippen LogP contribution in [0.1, 0.15) is 69.7 Å². The van der Waals surface area contributed by atoms with Crippen molar-refractivity contribution in [1.82, 2.24) is 0 Å². The number of nitrogens with two attached hydrogens (primary N) is 1. The van der Waals surface area contributed by atoms with E-state index < -0.39 is 17.4 Å². The lowest BCUT2D eigenvalue weighted by molar-refractivity contribution is 0.00648. The number of carbonyl (C=O) groups is 1. The summed E-state index contributed by atoms with van der Waals surface area (Å²) in [6, 6.07) is 2.78. The van der Waals surface area contributed by atoms with E-state index in [1.54, 1.807) is 20.8 Å². The number of ether oxygens (including phenoxy) is 1. The van der Waals surface area contributed by atoms with Crippen LogP contribution in [-0.2, 0) is 4.74 Å². The molecule has 4 saturated carbocycles. The predicted octanol–water partition coefficient (Wildman–Crippen LogP) is 4.74. The molecule has 0 saturated heterocycles. The van der Waals surface area contributed by atoms with Crippen LogP contribution in [0.4, 0.5) is 15.8 Å². The highest BCUT2D eigenvalue weighted by Gasteiger charge is 2.51. The van der Waals surface area contributed by atoms with E-state index in [1.165, 1.54) is 31.4 Å². The fourth-order valence-electron chi connectivity index (χ4n) is 5.74. The highest BCUT2D eigenvalue weighted by Crippen LogP contribution is 2.56. The lowest BCUT2D eigenvalue weighted by Gasteiger charge is -2.57. The van der Waals surface area contributed by atoms with E-state index >= 15 is 0 Å². The molecular weight excluding hydrogens is 331 g/mol. The molecule has 0 unspecified atom stereocenters. The number of halogens is 1. The molecule has 4 aliphatic rings. The van der Waals surface area contributed by atoms with Crippen molar-refractivity contribution < 1.29 is 13.9 Å². The summed E-state index contributed by atoms with van der Waals surface area (Å²) in [5, 5.41) is 3.59. The van der Waals surface area contributed by atoms with Gasteiger partial charge in [-0.15, -0.1) is 0 Å². The van der Waals surface area contributed by atoms with Crippen LogP contribution in [0.15, 0.2) is 12.1 Å². The monoisotopic (exact) mass is 360 g/mol. The Hall–Kier alpha value is -1.78. The van der Waals surface area contributed by atoms with Gasteiger partial charge in [0.05, 0.1) is 16.9 Å². The molecule has 0 aliphatic heterocycles. The van der Waals surface area contributed by atoms with Gasteiger partial charge in [-0.3, -0.25) is 0 Å². The van der Waals surface area contributed by atoms with Gasteiger partial charge in [-0.25, -0.2) is 9.18 Å². The lowest BCUT2D eigenvalue weighted by atomic mass is 9.53. The zero-order valence-electron chi connectivity index (χ0n) is 15.9. The van der Waals surface area contributed by atoms with Gasteiger partial charge in [0, 0.05) is 5.54 Å². The number of rotatable bonds is 3. The molecule has 4 fully saturated rings. The van der Waals surface area contributed by atoms with Crippen LogP contribution >= 0.6 is 0 Å². The van der Waals surface area contributed by atoms with Gasteiger partial charge in [0.1, 0.15) is 11.4 Å². The summed E-state index contributed by atoms with van der Waals surface area (Å²) in [5.41, 5.74) is 6.47. The fraction of sp³-hybridized carbons (Fsp3) is 0.667. The van der Waals surface area contributed by atoms with Gasteiger partial charge in [-0.05, 0) is 89.2 Å². The first-order valence-corrected chi connectivity index (χ1v) is 9.73.